The third kappa shape index (κ3) is 4.26. The molecule has 1 aromatic carbocycles. The molecular weight excluding hydrogens is 196 g/mol. The molecule has 0 bridgehead atoms. The Morgan fingerprint density at radius 3 is 2.20 bits per heavy atom. The first-order valence-corrected chi connectivity index (χ1v) is 4.62. The minimum absolute atomic E-state index is 0.0160. The second-order valence-corrected chi connectivity index (χ2v) is 2.39. The highest BCUT2D eigenvalue weighted by Crippen LogP contribution is 2.17. The molecule has 0 aliphatic heterocycles. The van der Waals surface area contributed by atoms with Gasteiger partial charge in [0.2, 0.25) is 0 Å². The lowest BCUT2D eigenvalue weighted by Crippen LogP contribution is -2.06. The van der Waals surface area contributed by atoms with Crippen molar-refractivity contribution in [2.45, 2.75) is 20.8 Å². The molecule has 4 nitrogen and oxygen atoms in total. The number of carbonyl (C=O) groups excluding carboxylic acids is 1. The molecule has 0 atom stereocenters. The second kappa shape index (κ2) is 6.59. The summed E-state index contributed by atoms with van der Waals surface area (Å²) >= 11 is 0. The van der Waals surface area contributed by atoms with E-state index in [1.165, 1.54) is 19.1 Å². The normalized spacial score (nSPS) is 8.47. The van der Waals surface area contributed by atoms with E-state index in [9.17, 15) is 9.59 Å². The molecule has 15 heavy (non-hydrogen) atoms. The van der Waals surface area contributed by atoms with Gasteiger partial charge in [-0.1, -0.05) is 26.0 Å². The highest BCUT2D eigenvalue weighted by atomic mass is 16.5. The van der Waals surface area contributed by atoms with E-state index in [0.717, 1.165) is 0 Å². The third-order valence-corrected chi connectivity index (χ3v) is 1.37. The molecule has 0 saturated heterocycles. The number of carboxylic acids is 1. The lowest BCUT2D eigenvalue weighted by Gasteiger charge is -2.03. The van der Waals surface area contributed by atoms with Crippen molar-refractivity contribution in [2.75, 3.05) is 0 Å². The minimum atomic E-state index is -1.11. The van der Waals surface area contributed by atoms with Crippen molar-refractivity contribution in [1.82, 2.24) is 0 Å². The summed E-state index contributed by atoms with van der Waals surface area (Å²) < 4.78 is 4.69. The van der Waals surface area contributed by atoms with Crippen molar-refractivity contribution in [2.24, 2.45) is 0 Å². The lowest BCUT2D eigenvalue weighted by molar-refractivity contribution is -0.131. The van der Waals surface area contributed by atoms with Gasteiger partial charge in [-0.05, 0) is 12.1 Å². The summed E-state index contributed by atoms with van der Waals surface area (Å²) in [5.41, 5.74) is -0.0160. The Kier molecular flexibility index (Phi) is 5.78. The molecule has 0 heterocycles. The molecule has 0 radical (unpaired) electrons. The quantitative estimate of drug-likeness (QED) is 0.601. The van der Waals surface area contributed by atoms with Gasteiger partial charge in [-0.2, -0.15) is 0 Å². The first kappa shape index (κ1) is 13.2. The summed E-state index contributed by atoms with van der Waals surface area (Å²) in [6.45, 7) is 5.22. The monoisotopic (exact) mass is 210 g/mol. The average Bonchev–Trinajstić information content (AvgIpc) is 2.20. The zero-order valence-corrected chi connectivity index (χ0v) is 8.98. The van der Waals surface area contributed by atoms with Crippen LogP contribution in [0.2, 0.25) is 0 Å². The Labute approximate surface area is 88.5 Å². The fraction of sp³-hybridized carbons (Fsp3) is 0.273. The Balaban J connectivity index is 0.000000921. The predicted molar refractivity (Wildman–Crippen MR) is 56.1 cm³/mol. The standard InChI is InChI=1S/C9H8O4.C2H6/c1-6(10)13-8-5-3-2-4-7(8)9(11)12;1-2/h2-5H,1H3,(H,11,12);1-2H3. The van der Waals surface area contributed by atoms with Gasteiger partial charge in [-0.15, -0.1) is 0 Å². The van der Waals surface area contributed by atoms with Crippen LogP contribution < -0.4 is 4.74 Å². The molecule has 0 spiro atoms. The predicted octanol–water partition coefficient (Wildman–Crippen LogP) is 2.34. The summed E-state index contributed by atoms with van der Waals surface area (Å²) in [6, 6.07) is 5.98. The topological polar surface area (TPSA) is 63.6 Å². The molecule has 0 aliphatic carbocycles. The van der Waals surface area contributed by atoms with Crippen LogP contribution in [0.15, 0.2) is 24.3 Å². The smallest absolute Gasteiger partial charge is 0.339 e. The van der Waals surface area contributed by atoms with Gasteiger partial charge in [-0.25, -0.2) is 4.79 Å². The van der Waals surface area contributed by atoms with Crippen molar-refractivity contribution in [3.05, 3.63) is 29.8 Å². The number of para-hydroxylation sites is 1. The van der Waals surface area contributed by atoms with Crippen molar-refractivity contribution in [3.63, 3.8) is 0 Å². The van der Waals surface area contributed by atoms with Gasteiger partial charge in [0.05, 0.1) is 0 Å². The summed E-state index contributed by atoms with van der Waals surface area (Å²) in [5.74, 6) is -1.58. The first-order valence-electron chi connectivity index (χ1n) is 4.62. The summed E-state index contributed by atoms with van der Waals surface area (Å²) in [6.07, 6.45) is 0. The highest BCUT2D eigenvalue weighted by molar-refractivity contribution is 5.91. The minimum Gasteiger partial charge on any atom is -0.478 e. The van der Waals surface area contributed by atoms with E-state index in [4.69, 9.17) is 5.11 Å². The van der Waals surface area contributed by atoms with E-state index in [0.29, 0.717) is 0 Å². The lowest BCUT2D eigenvalue weighted by atomic mass is 10.2. The average molecular weight is 210 g/mol. The largest absolute Gasteiger partial charge is 0.478 e. The number of hydrogen-bond acceptors (Lipinski definition) is 3. The molecule has 0 fully saturated rings. The number of carboxylic acid groups (broad SMARTS) is 1. The summed E-state index contributed by atoms with van der Waals surface area (Å²) in [4.78, 5) is 21.2. The number of esters is 1. The molecule has 1 N–H and O–H groups in total. The fourth-order valence-corrected chi connectivity index (χ4v) is 0.887. The van der Waals surface area contributed by atoms with Gasteiger partial charge in [0.25, 0.3) is 0 Å². The van der Waals surface area contributed by atoms with Gasteiger partial charge in [0, 0.05) is 6.92 Å². The van der Waals surface area contributed by atoms with Crippen LogP contribution in [0.25, 0.3) is 0 Å². The zero-order valence-electron chi connectivity index (χ0n) is 8.98. The molecule has 82 valence electrons. The molecule has 4 heteroatoms. The van der Waals surface area contributed by atoms with Gasteiger partial charge in [-0.3, -0.25) is 4.79 Å². The molecule has 1 aromatic rings. The van der Waals surface area contributed by atoms with Gasteiger partial charge < -0.3 is 9.84 Å². The van der Waals surface area contributed by atoms with E-state index < -0.39 is 11.9 Å². The van der Waals surface area contributed by atoms with Gasteiger partial charge >= 0.3 is 11.9 Å². The number of ether oxygens (including phenoxy) is 1. The molecule has 0 saturated carbocycles. The second-order valence-electron chi connectivity index (χ2n) is 2.39. The van der Waals surface area contributed by atoms with E-state index >= 15 is 0 Å². The molecular formula is C11H14O4. The maximum Gasteiger partial charge on any atom is 0.339 e. The van der Waals surface area contributed by atoms with E-state index in [1.807, 2.05) is 13.8 Å². The Hall–Kier alpha value is -1.84. The van der Waals surface area contributed by atoms with Crippen LogP contribution in [-0.2, 0) is 4.79 Å². The van der Waals surface area contributed by atoms with E-state index in [2.05, 4.69) is 4.74 Å². The molecule has 1 rings (SSSR count). The van der Waals surface area contributed by atoms with Crippen LogP contribution in [0.1, 0.15) is 31.1 Å². The van der Waals surface area contributed by atoms with Crippen LogP contribution >= 0.6 is 0 Å². The number of aromatic carboxylic acids is 1. The Bertz CT molecular complexity index is 344. The maximum absolute atomic E-state index is 10.6. The Morgan fingerprint density at radius 2 is 1.73 bits per heavy atom. The van der Waals surface area contributed by atoms with Crippen molar-refractivity contribution < 1.29 is 19.4 Å². The highest BCUT2D eigenvalue weighted by Gasteiger charge is 2.10. The number of benzene rings is 1. The van der Waals surface area contributed by atoms with Crippen molar-refractivity contribution in [1.29, 1.82) is 0 Å². The van der Waals surface area contributed by atoms with Crippen LogP contribution in [0.4, 0.5) is 0 Å². The first-order chi connectivity index (χ1) is 7.11. The maximum atomic E-state index is 10.6. The molecule has 0 amide bonds. The van der Waals surface area contributed by atoms with Crippen LogP contribution in [0.3, 0.4) is 0 Å². The molecule has 0 aromatic heterocycles. The third-order valence-electron chi connectivity index (χ3n) is 1.37. The zero-order chi connectivity index (χ0) is 11.8. The van der Waals surface area contributed by atoms with Crippen LogP contribution in [-0.4, -0.2) is 17.0 Å². The van der Waals surface area contributed by atoms with Gasteiger partial charge in [0.1, 0.15) is 11.3 Å². The van der Waals surface area contributed by atoms with E-state index in [-0.39, 0.29) is 11.3 Å². The molecule has 0 unspecified atom stereocenters. The molecule has 0 aliphatic rings. The van der Waals surface area contributed by atoms with Crippen LogP contribution in [0, 0.1) is 0 Å². The fourth-order valence-electron chi connectivity index (χ4n) is 0.887. The Morgan fingerprint density at radius 1 is 1.20 bits per heavy atom. The van der Waals surface area contributed by atoms with Crippen LogP contribution in [0.5, 0.6) is 5.75 Å². The number of hydrogen-bond donors (Lipinski definition) is 1. The SMILES string of the molecule is CC.CC(=O)Oc1ccccc1C(=O)O. The number of rotatable bonds is 2. The summed E-state index contributed by atoms with van der Waals surface area (Å²) in [5, 5.41) is 8.69. The van der Waals surface area contributed by atoms with Crippen molar-refractivity contribution >= 4 is 11.9 Å². The van der Waals surface area contributed by atoms with E-state index in [1.54, 1.807) is 12.1 Å². The summed E-state index contributed by atoms with van der Waals surface area (Å²) in [7, 11) is 0. The van der Waals surface area contributed by atoms with Gasteiger partial charge in [0.15, 0.2) is 0 Å². The number of carbonyl (C=O) groups is 2. The van der Waals surface area contributed by atoms with Crippen molar-refractivity contribution in [3.8, 4) is 5.75 Å².